The van der Waals surface area contributed by atoms with Crippen LogP contribution in [0, 0.1) is 11.6 Å². The standard InChI is InChI=1S/C18H23F2N5O2S/c1-2-22-28(26,27)23-18-11-14(5-6-21-18)13-24-7-9-25(10-8-24)17-4-3-15(19)12-16(17)20/h3-6,11-12,22H,2,7-10,13H2,1H3,(H,21,23). The Morgan fingerprint density at radius 3 is 2.54 bits per heavy atom. The number of nitrogens with zero attached hydrogens (tertiary/aromatic N) is 3. The second-order valence-electron chi connectivity index (χ2n) is 6.51. The summed E-state index contributed by atoms with van der Waals surface area (Å²) < 4.78 is 55.3. The molecule has 0 aliphatic carbocycles. The van der Waals surface area contributed by atoms with E-state index in [2.05, 4.69) is 19.3 Å². The van der Waals surface area contributed by atoms with E-state index >= 15 is 0 Å². The molecule has 0 spiro atoms. The molecule has 28 heavy (non-hydrogen) atoms. The van der Waals surface area contributed by atoms with Crippen LogP contribution >= 0.6 is 0 Å². The van der Waals surface area contributed by atoms with Crippen LogP contribution < -0.4 is 14.3 Å². The Morgan fingerprint density at radius 2 is 1.86 bits per heavy atom. The smallest absolute Gasteiger partial charge is 0.300 e. The van der Waals surface area contributed by atoms with Crippen molar-refractivity contribution in [2.24, 2.45) is 0 Å². The van der Waals surface area contributed by atoms with Gasteiger partial charge >= 0.3 is 0 Å². The van der Waals surface area contributed by atoms with Gasteiger partial charge in [0.2, 0.25) is 0 Å². The molecule has 0 unspecified atom stereocenters. The first-order valence-corrected chi connectivity index (χ1v) is 10.5. The number of nitrogens with one attached hydrogen (secondary N) is 2. The second-order valence-corrected chi connectivity index (χ2v) is 8.01. The van der Waals surface area contributed by atoms with Crippen LogP contribution in [0.1, 0.15) is 12.5 Å². The summed E-state index contributed by atoms with van der Waals surface area (Å²) in [4.78, 5) is 8.13. The zero-order valence-electron chi connectivity index (χ0n) is 15.5. The van der Waals surface area contributed by atoms with Crippen molar-refractivity contribution in [1.82, 2.24) is 14.6 Å². The summed E-state index contributed by atoms with van der Waals surface area (Å²) in [5.74, 6) is -0.885. The van der Waals surface area contributed by atoms with Crippen molar-refractivity contribution in [3.8, 4) is 0 Å². The summed E-state index contributed by atoms with van der Waals surface area (Å²) in [5, 5.41) is 0. The van der Waals surface area contributed by atoms with Crippen molar-refractivity contribution in [2.75, 3.05) is 42.3 Å². The van der Waals surface area contributed by atoms with Gasteiger partial charge in [-0.3, -0.25) is 9.62 Å². The number of piperazine rings is 1. The average Bonchev–Trinajstić information content (AvgIpc) is 2.62. The number of pyridine rings is 1. The van der Waals surface area contributed by atoms with Gasteiger partial charge < -0.3 is 4.90 Å². The summed E-state index contributed by atoms with van der Waals surface area (Å²) in [6, 6.07) is 7.15. The van der Waals surface area contributed by atoms with Crippen LogP contribution in [0.15, 0.2) is 36.5 Å². The molecule has 0 bridgehead atoms. The van der Waals surface area contributed by atoms with Gasteiger partial charge in [-0.2, -0.15) is 13.1 Å². The Hall–Kier alpha value is -2.30. The maximum atomic E-state index is 14.0. The molecule has 1 aromatic heterocycles. The van der Waals surface area contributed by atoms with E-state index in [4.69, 9.17) is 0 Å². The number of benzene rings is 1. The van der Waals surface area contributed by atoms with Crippen LogP contribution in [0.25, 0.3) is 0 Å². The normalized spacial score (nSPS) is 15.6. The van der Waals surface area contributed by atoms with Crippen molar-refractivity contribution >= 4 is 21.7 Å². The molecule has 1 aliphatic rings. The maximum Gasteiger partial charge on any atom is 0.300 e. The Balaban J connectivity index is 1.58. The number of anilines is 2. The largest absolute Gasteiger partial charge is 0.367 e. The molecule has 0 amide bonds. The third-order valence-electron chi connectivity index (χ3n) is 4.43. The summed E-state index contributed by atoms with van der Waals surface area (Å²) in [5.41, 5.74) is 1.33. The van der Waals surface area contributed by atoms with Gasteiger partial charge in [0.25, 0.3) is 10.2 Å². The Bertz CT molecular complexity index is 918. The van der Waals surface area contributed by atoms with Gasteiger partial charge in [-0.1, -0.05) is 6.92 Å². The van der Waals surface area contributed by atoms with Gasteiger partial charge in [0.15, 0.2) is 0 Å². The van der Waals surface area contributed by atoms with Crippen molar-refractivity contribution < 1.29 is 17.2 Å². The van der Waals surface area contributed by atoms with Gasteiger partial charge in [0.05, 0.1) is 5.69 Å². The molecule has 2 heterocycles. The molecule has 0 saturated carbocycles. The first-order valence-electron chi connectivity index (χ1n) is 9.01. The molecule has 2 N–H and O–H groups in total. The molecule has 152 valence electrons. The number of aromatic nitrogens is 1. The van der Waals surface area contributed by atoms with Crippen LogP contribution in [0.3, 0.4) is 0 Å². The lowest BCUT2D eigenvalue weighted by Gasteiger charge is -2.36. The van der Waals surface area contributed by atoms with Crippen LogP contribution in [-0.4, -0.2) is 51.0 Å². The molecule has 2 aromatic rings. The molecule has 1 aliphatic heterocycles. The number of rotatable bonds is 7. The number of hydrogen-bond donors (Lipinski definition) is 2. The summed E-state index contributed by atoms with van der Waals surface area (Å²) in [6.07, 6.45) is 1.56. The van der Waals surface area contributed by atoms with E-state index in [0.29, 0.717) is 38.4 Å². The second kappa shape index (κ2) is 8.80. The highest BCUT2D eigenvalue weighted by Gasteiger charge is 2.20. The van der Waals surface area contributed by atoms with Crippen LogP contribution in [0.5, 0.6) is 0 Å². The van der Waals surface area contributed by atoms with E-state index in [-0.39, 0.29) is 12.4 Å². The first kappa shape index (κ1) is 20.4. The van der Waals surface area contributed by atoms with Crippen molar-refractivity contribution in [3.05, 3.63) is 53.7 Å². The van der Waals surface area contributed by atoms with Gasteiger partial charge in [-0.15, -0.1) is 0 Å². The summed E-state index contributed by atoms with van der Waals surface area (Å²) in [6.45, 7) is 5.25. The van der Waals surface area contributed by atoms with Gasteiger partial charge in [0, 0.05) is 51.5 Å². The van der Waals surface area contributed by atoms with E-state index < -0.39 is 21.8 Å². The van der Waals surface area contributed by atoms with E-state index in [1.54, 1.807) is 19.2 Å². The van der Waals surface area contributed by atoms with Crippen molar-refractivity contribution in [2.45, 2.75) is 13.5 Å². The van der Waals surface area contributed by atoms with Gasteiger partial charge in [-0.25, -0.2) is 13.8 Å². The lowest BCUT2D eigenvalue weighted by molar-refractivity contribution is 0.249. The minimum absolute atomic E-state index is 0.255. The van der Waals surface area contributed by atoms with Crippen LogP contribution in [0.2, 0.25) is 0 Å². The third kappa shape index (κ3) is 5.37. The average molecular weight is 411 g/mol. The van der Waals surface area contributed by atoms with Crippen molar-refractivity contribution in [1.29, 1.82) is 0 Å². The Morgan fingerprint density at radius 1 is 1.11 bits per heavy atom. The van der Waals surface area contributed by atoms with Crippen LogP contribution in [0.4, 0.5) is 20.3 Å². The molecule has 0 radical (unpaired) electrons. The molecular weight excluding hydrogens is 388 g/mol. The molecule has 3 rings (SSSR count). The van der Waals surface area contributed by atoms with Crippen molar-refractivity contribution in [3.63, 3.8) is 0 Å². The Kier molecular flexibility index (Phi) is 6.42. The quantitative estimate of drug-likeness (QED) is 0.728. The highest BCUT2D eigenvalue weighted by molar-refractivity contribution is 7.90. The Labute approximate surface area is 163 Å². The summed E-state index contributed by atoms with van der Waals surface area (Å²) in [7, 11) is -3.62. The molecule has 1 fully saturated rings. The minimum atomic E-state index is -3.62. The molecule has 7 nitrogen and oxygen atoms in total. The predicted molar refractivity (Wildman–Crippen MR) is 104 cm³/mol. The predicted octanol–water partition coefficient (Wildman–Crippen LogP) is 1.95. The fraction of sp³-hybridized carbons (Fsp3) is 0.389. The van der Waals surface area contributed by atoms with E-state index in [1.165, 1.54) is 12.1 Å². The van der Waals surface area contributed by atoms with E-state index in [1.807, 2.05) is 11.0 Å². The van der Waals surface area contributed by atoms with E-state index in [9.17, 15) is 17.2 Å². The first-order chi connectivity index (χ1) is 13.4. The summed E-state index contributed by atoms with van der Waals surface area (Å²) >= 11 is 0. The maximum absolute atomic E-state index is 14.0. The lowest BCUT2D eigenvalue weighted by atomic mass is 10.2. The van der Waals surface area contributed by atoms with Gasteiger partial charge in [-0.05, 0) is 29.8 Å². The fourth-order valence-corrected chi connectivity index (χ4v) is 3.97. The topological polar surface area (TPSA) is 77.6 Å². The highest BCUT2D eigenvalue weighted by Crippen LogP contribution is 2.22. The molecule has 10 heteroatoms. The third-order valence-corrected chi connectivity index (χ3v) is 5.57. The molecule has 1 aromatic carbocycles. The zero-order chi connectivity index (χ0) is 20.1. The lowest BCUT2D eigenvalue weighted by Crippen LogP contribution is -2.46. The SMILES string of the molecule is CCNS(=O)(=O)Nc1cc(CN2CCN(c3ccc(F)cc3F)CC2)ccn1. The van der Waals surface area contributed by atoms with Crippen LogP contribution in [-0.2, 0) is 16.8 Å². The van der Waals surface area contributed by atoms with E-state index in [0.717, 1.165) is 11.6 Å². The fourth-order valence-electron chi connectivity index (χ4n) is 3.14. The van der Waals surface area contributed by atoms with Gasteiger partial charge in [0.1, 0.15) is 17.5 Å². The number of halogens is 2. The molecule has 0 atom stereocenters. The molecular formula is C18H23F2N5O2S. The highest BCUT2D eigenvalue weighted by atomic mass is 32.2. The minimum Gasteiger partial charge on any atom is -0.367 e. The number of hydrogen-bond acceptors (Lipinski definition) is 5. The molecule has 1 saturated heterocycles. The monoisotopic (exact) mass is 411 g/mol. The zero-order valence-corrected chi connectivity index (χ0v) is 16.3.